The van der Waals surface area contributed by atoms with E-state index in [4.69, 9.17) is 37.7 Å². The van der Waals surface area contributed by atoms with Crippen molar-refractivity contribution in [2.45, 2.75) is 11.8 Å². The highest BCUT2D eigenvalue weighted by Gasteiger charge is 2.25. The Hall–Kier alpha value is -3.92. The maximum Gasteiger partial charge on any atom is 0.187 e. The first kappa shape index (κ1) is 26.7. The molecule has 0 bridgehead atoms. The molecule has 2 aromatic heterocycles. The summed E-state index contributed by atoms with van der Waals surface area (Å²) in [6.07, 6.45) is 3.50. The zero-order valence-corrected chi connectivity index (χ0v) is 23.1. The van der Waals surface area contributed by atoms with Crippen molar-refractivity contribution in [2.75, 3.05) is 13.4 Å². The van der Waals surface area contributed by atoms with Gasteiger partial charge in [0.15, 0.2) is 11.0 Å². The van der Waals surface area contributed by atoms with Crippen molar-refractivity contribution in [3.8, 4) is 51.3 Å². The molecule has 3 aromatic carbocycles. The molecule has 39 heavy (non-hydrogen) atoms. The molecule has 0 aliphatic rings. The van der Waals surface area contributed by atoms with Gasteiger partial charge in [-0.25, -0.2) is 15.0 Å². The maximum atomic E-state index is 11.4. The minimum atomic E-state index is -0.104. The van der Waals surface area contributed by atoms with E-state index in [1.54, 1.807) is 25.4 Å². The van der Waals surface area contributed by atoms with Gasteiger partial charge in [0.2, 0.25) is 0 Å². The van der Waals surface area contributed by atoms with Crippen LogP contribution in [0.3, 0.4) is 0 Å². The molecule has 0 aliphatic heterocycles. The van der Waals surface area contributed by atoms with Crippen molar-refractivity contribution in [2.24, 2.45) is 0 Å². The smallest absolute Gasteiger partial charge is 0.187 e. The number of ether oxygens (including phenoxy) is 2. The minimum Gasteiger partial charge on any atom is -0.508 e. The Morgan fingerprint density at radius 2 is 1.69 bits per heavy atom. The minimum absolute atomic E-state index is 0.0869. The molecular formula is C28H22Cl2N4O4S. The molecule has 2 N–H and O–H groups in total. The van der Waals surface area contributed by atoms with Gasteiger partial charge in [-0.2, -0.15) is 4.73 Å². The Bertz CT molecular complexity index is 1620. The summed E-state index contributed by atoms with van der Waals surface area (Å²) >= 11 is 14.2. The van der Waals surface area contributed by atoms with Crippen LogP contribution in [0.15, 0.2) is 78.1 Å². The average Bonchev–Trinajstić information content (AvgIpc) is 3.28. The predicted molar refractivity (Wildman–Crippen MR) is 152 cm³/mol. The van der Waals surface area contributed by atoms with Crippen LogP contribution in [0.5, 0.6) is 17.2 Å². The van der Waals surface area contributed by atoms with Gasteiger partial charge in [0.1, 0.15) is 35.2 Å². The van der Waals surface area contributed by atoms with Gasteiger partial charge < -0.3 is 19.8 Å². The summed E-state index contributed by atoms with van der Waals surface area (Å²) in [5.41, 5.74) is 3.09. The lowest BCUT2D eigenvalue weighted by Gasteiger charge is -2.11. The molecule has 8 nitrogen and oxygen atoms in total. The normalized spacial score (nSPS) is 11.0. The summed E-state index contributed by atoms with van der Waals surface area (Å²) in [7, 11) is 1.62. The van der Waals surface area contributed by atoms with E-state index in [0.717, 1.165) is 16.0 Å². The average molecular weight is 581 g/mol. The van der Waals surface area contributed by atoms with Gasteiger partial charge in [0.05, 0.1) is 28.4 Å². The Morgan fingerprint density at radius 1 is 0.949 bits per heavy atom. The Labute approximate surface area is 238 Å². The van der Waals surface area contributed by atoms with E-state index < -0.39 is 0 Å². The van der Waals surface area contributed by atoms with E-state index in [1.807, 2.05) is 48.7 Å². The summed E-state index contributed by atoms with van der Waals surface area (Å²) in [6.45, 7) is 0.339. The quantitative estimate of drug-likeness (QED) is 0.112. The fourth-order valence-electron chi connectivity index (χ4n) is 3.98. The van der Waals surface area contributed by atoms with Gasteiger partial charge >= 0.3 is 0 Å². The lowest BCUT2D eigenvalue weighted by Crippen LogP contribution is -2.00. The number of imidazole rings is 1. The molecule has 0 saturated carbocycles. The third-order valence-electron chi connectivity index (χ3n) is 5.84. The number of aromatic nitrogens is 4. The van der Waals surface area contributed by atoms with Gasteiger partial charge in [-0.05, 0) is 54.3 Å². The van der Waals surface area contributed by atoms with E-state index in [0.29, 0.717) is 40.2 Å². The number of aromatic hydroxyl groups is 1. The third-order valence-corrected chi connectivity index (χ3v) is 6.99. The molecule has 0 amide bonds. The Kier molecular flexibility index (Phi) is 7.83. The summed E-state index contributed by atoms with van der Waals surface area (Å²) < 4.78 is 12.2. The highest BCUT2D eigenvalue weighted by Crippen LogP contribution is 2.41. The van der Waals surface area contributed by atoms with E-state index in [-0.39, 0.29) is 27.2 Å². The first-order valence-electron chi connectivity index (χ1n) is 11.6. The number of halogens is 2. The third kappa shape index (κ3) is 5.61. The van der Waals surface area contributed by atoms with Gasteiger partial charge in [-0.15, -0.1) is 0 Å². The van der Waals surface area contributed by atoms with Crippen LogP contribution < -0.4 is 9.47 Å². The number of thioether (sulfide) groups is 1. The molecule has 0 spiro atoms. The maximum absolute atomic E-state index is 11.4. The molecule has 2 heterocycles. The van der Waals surface area contributed by atoms with Crippen molar-refractivity contribution in [3.05, 3.63) is 88.5 Å². The zero-order chi connectivity index (χ0) is 27.5. The van der Waals surface area contributed by atoms with Gasteiger partial charge in [0.25, 0.3) is 0 Å². The van der Waals surface area contributed by atoms with E-state index in [9.17, 15) is 10.3 Å². The van der Waals surface area contributed by atoms with Gasteiger partial charge in [-0.1, -0.05) is 59.2 Å². The number of phenols is 1. The summed E-state index contributed by atoms with van der Waals surface area (Å²) in [4.78, 5) is 13.5. The molecule has 11 heteroatoms. The highest BCUT2D eigenvalue weighted by molar-refractivity contribution is 7.98. The standard InChI is InChI=1S/C28H22Cl2N4O4S/c1-37-19-8-6-16(7-9-19)15-38-20-5-3-4-17(12-20)26-25(23-10-11-31-28(32-23)39-2)33-27(34(26)36)24-21(29)13-18(35)14-22(24)30/h3-14,35-36H,15H2,1-2H3. The summed E-state index contributed by atoms with van der Waals surface area (Å²) in [6, 6.07) is 19.3. The molecule has 0 unspecified atom stereocenters. The zero-order valence-electron chi connectivity index (χ0n) is 20.8. The van der Waals surface area contributed by atoms with Crippen molar-refractivity contribution in [1.82, 2.24) is 19.7 Å². The molecule has 0 fully saturated rings. The molecule has 0 atom stereocenters. The van der Waals surface area contributed by atoms with Crippen molar-refractivity contribution in [3.63, 3.8) is 0 Å². The summed E-state index contributed by atoms with van der Waals surface area (Å²) in [5.74, 6) is 1.34. The predicted octanol–water partition coefficient (Wildman–Crippen LogP) is 7.23. The van der Waals surface area contributed by atoms with Crippen LogP contribution in [0.1, 0.15) is 5.56 Å². The number of methoxy groups -OCH3 is 1. The lowest BCUT2D eigenvalue weighted by atomic mass is 10.1. The Morgan fingerprint density at radius 3 is 2.38 bits per heavy atom. The monoisotopic (exact) mass is 580 g/mol. The number of phenolic OH excluding ortho intramolecular Hbond substituents is 1. The van der Waals surface area contributed by atoms with E-state index in [1.165, 1.54) is 23.9 Å². The highest BCUT2D eigenvalue weighted by atomic mass is 35.5. The van der Waals surface area contributed by atoms with Crippen LogP contribution in [0.2, 0.25) is 10.0 Å². The molecule has 5 aromatic rings. The van der Waals surface area contributed by atoms with Crippen LogP contribution >= 0.6 is 35.0 Å². The number of rotatable bonds is 8. The van der Waals surface area contributed by atoms with Gasteiger partial charge in [0, 0.05) is 11.8 Å². The second kappa shape index (κ2) is 11.4. The molecule has 5 rings (SSSR count). The fourth-order valence-corrected chi connectivity index (χ4v) is 4.98. The molecule has 0 radical (unpaired) electrons. The van der Waals surface area contributed by atoms with Crippen LogP contribution in [0, 0.1) is 0 Å². The number of hydrogen-bond acceptors (Lipinski definition) is 8. The second-order valence-electron chi connectivity index (χ2n) is 8.32. The SMILES string of the molecule is COc1ccc(COc2cccc(-c3c(-c4ccnc(SC)n4)nc(-c4c(Cl)cc(O)cc4Cl)n3O)c2)cc1. The van der Waals surface area contributed by atoms with E-state index >= 15 is 0 Å². The topological polar surface area (TPSA) is 103 Å². The van der Waals surface area contributed by atoms with Gasteiger partial charge in [-0.3, -0.25) is 0 Å². The van der Waals surface area contributed by atoms with E-state index in [2.05, 4.69) is 9.97 Å². The number of hydrogen-bond donors (Lipinski definition) is 2. The first-order chi connectivity index (χ1) is 18.9. The molecular weight excluding hydrogens is 559 g/mol. The fraction of sp³-hybridized carbons (Fsp3) is 0.107. The van der Waals surface area contributed by atoms with Crippen LogP contribution in [-0.4, -0.2) is 43.4 Å². The van der Waals surface area contributed by atoms with Crippen molar-refractivity contribution < 1.29 is 19.8 Å². The lowest BCUT2D eigenvalue weighted by molar-refractivity contribution is 0.195. The van der Waals surface area contributed by atoms with Crippen LogP contribution in [0.4, 0.5) is 0 Å². The first-order valence-corrected chi connectivity index (χ1v) is 13.6. The molecule has 0 saturated heterocycles. The number of benzene rings is 3. The molecule has 198 valence electrons. The van der Waals surface area contributed by atoms with Crippen LogP contribution in [-0.2, 0) is 6.61 Å². The largest absolute Gasteiger partial charge is 0.508 e. The van der Waals surface area contributed by atoms with Crippen LogP contribution in [0.25, 0.3) is 34.0 Å². The number of nitrogens with zero attached hydrogens (tertiary/aromatic N) is 4. The second-order valence-corrected chi connectivity index (χ2v) is 9.91. The molecule has 0 aliphatic carbocycles. The summed E-state index contributed by atoms with van der Waals surface area (Å²) in [5, 5.41) is 22.1. The van der Waals surface area contributed by atoms with Crippen molar-refractivity contribution in [1.29, 1.82) is 0 Å². The Balaban J connectivity index is 1.60. The van der Waals surface area contributed by atoms with Crippen molar-refractivity contribution >= 4 is 35.0 Å².